The van der Waals surface area contributed by atoms with Crippen molar-refractivity contribution in [2.45, 2.75) is 38.5 Å². The Morgan fingerprint density at radius 1 is 0.750 bits per heavy atom. The number of nitrogens with one attached hydrogen (secondary N) is 1. The standard InChI is InChI=1S/C25H29NO2/c1-24(2,3)19-14-15-23(28)21(16-19)25(4,18-10-6-5-7-11-18)20-12-8-9-13-22(20)26-17-27/h5-16,26-28H,17H2,1-4H3. The quantitative estimate of drug-likeness (QED) is 0.413. The topological polar surface area (TPSA) is 52.5 Å². The monoisotopic (exact) mass is 375 g/mol. The summed E-state index contributed by atoms with van der Waals surface area (Å²) >= 11 is 0. The lowest BCUT2D eigenvalue weighted by molar-refractivity contribution is 0.325. The molecule has 0 aliphatic heterocycles. The molecule has 3 heteroatoms. The summed E-state index contributed by atoms with van der Waals surface area (Å²) in [6, 6.07) is 24.0. The maximum atomic E-state index is 10.9. The number of phenolic OH excluding ortho intramolecular Hbond substituents is 1. The number of benzene rings is 3. The molecule has 0 aromatic heterocycles. The summed E-state index contributed by atoms with van der Waals surface area (Å²) in [5.41, 5.74) is 4.28. The van der Waals surface area contributed by atoms with Crippen LogP contribution in [0.5, 0.6) is 5.75 Å². The molecule has 0 radical (unpaired) electrons. The number of aliphatic hydroxyl groups is 1. The number of para-hydroxylation sites is 1. The first kappa shape index (κ1) is 20.0. The molecule has 3 rings (SSSR count). The maximum absolute atomic E-state index is 10.9. The smallest absolute Gasteiger partial charge is 0.120 e. The van der Waals surface area contributed by atoms with E-state index in [4.69, 9.17) is 0 Å². The number of aliphatic hydroxyl groups excluding tert-OH is 1. The Morgan fingerprint density at radius 2 is 1.39 bits per heavy atom. The molecule has 0 bridgehead atoms. The van der Waals surface area contributed by atoms with E-state index in [1.165, 1.54) is 0 Å². The second kappa shape index (κ2) is 7.69. The van der Waals surface area contributed by atoms with Crippen LogP contribution in [0.1, 0.15) is 49.9 Å². The van der Waals surface area contributed by atoms with Crippen LogP contribution in [-0.4, -0.2) is 16.9 Å². The van der Waals surface area contributed by atoms with E-state index in [2.05, 4.69) is 51.2 Å². The van der Waals surface area contributed by atoms with Crippen LogP contribution in [0.4, 0.5) is 5.69 Å². The molecule has 3 nitrogen and oxygen atoms in total. The average molecular weight is 376 g/mol. The second-order valence-electron chi connectivity index (χ2n) is 8.35. The first-order chi connectivity index (χ1) is 13.3. The fourth-order valence-electron chi connectivity index (χ4n) is 3.79. The Bertz CT molecular complexity index is 944. The zero-order valence-electron chi connectivity index (χ0n) is 17.0. The van der Waals surface area contributed by atoms with Gasteiger partial charge in [0.15, 0.2) is 0 Å². The molecular formula is C25H29NO2. The van der Waals surface area contributed by atoms with Crippen LogP contribution < -0.4 is 5.32 Å². The van der Waals surface area contributed by atoms with Gasteiger partial charge in [-0.2, -0.15) is 0 Å². The van der Waals surface area contributed by atoms with Gasteiger partial charge in [0, 0.05) is 16.7 Å². The van der Waals surface area contributed by atoms with E-state index >= 15 is 0 Å². The fraction of sp³-hybridized carbons (Fsp3) is 0.280. The minimum Gasteiger partial charge on any atom is -0.508 e. The van der Waals surface area contributed by atoms with E-state index in [0.717, 1.165) is 27.9 Å². The summed E-state index contributed by atoms with van der Waals surface area (Å²) < 4.78 is 0. The average Bonchev–Trinajstić information content (AvgIpc) is 2.68. The number of hydrogen-bond donors (Lipinski definition) is 3. The molecule has 0 fully saturated rings. The van der Waals surface area contributed by atoms with E-state index in [9.17, 15) is 10.2 Å². The molecular weight excluding hydrogens is 346 g/mol. The highest BCUT2D eigenvalue weighted by molar-refractivity contribution is 5.64. The Hall–Kier alpha value is -2.78. The van der Waals surface area contributed by atoms with Crippen molar-refractivity contribution in [2.24, 2.45) is 0 Å². The largest absolute Gasteiger partial charge is 0.508 e. The lowest BCUT2D eigenvalue weighted by Gasteiger charge is -2.35. The van der Waals surface area contributed by atoms with Gasteiger partial charge in [0.2, 0.25) is 0 Å². The van der Waals surface area contributed by atoms with Gasteiger partial charge in [-0.25, -0.2) is 0 Å². The van der Waals surface area contributed by atoms with Crippen molar-refractivity contribution in [1.82, 2.24) is 0 Å². The molecule has 3 aromatic rings. The normalized spacial score (nSPS) is 13.8. The number of phenols is 1. The third kappa shape index (κ3) is 3.63. The van der Waals surface area contributed by atoms with Crippen LogP contribution in [0.25, 0.3) is 0 Å². The number of hydrogen-bond acceptors (Lipinski definition) is 3. The van der Waals surface area contributed by atoms with Gasteiger partial charge in [-0.3, -0.25) is 0 Å². The van der Waals surface area contributed by atoms with Crippen LogP contribution >= 0.6 is 0 Å². The third-order valence-corrected chi connectivity index (χ3v) is 5.49. The van der Waals surface area contributed by atoms with Gasteiger partial charge in [-0.15, -0.1) is 0 Å². The SMILES string of the molecule is CC(C)(C)c1ccc(O)c(C(C)(c2ccccc2)c2ccccc2NCO)c1. The van der Waals surface area contributed by atoms with Crippen LogP contribution in [0.15, 0.2) is 72.8 Å². The molecule has 1 atom stereocenters. The summed E-state index contributed by atoms with van der Waals surface area (Å²) in [5, 5.41) is 23.5. The van der Waals surface area contributed by atoms with E-state index < -0.39 is 5.41 Å². The molecule has 28 heavy (non-hydrogen) atoms. The lowest BCUT2D eigenvalue weighted by Crippen LogP contribution is -2.28. The Morgan fingerprint density at radius 3 is 2.04 bits per heavy atom. The Labute approximate surface area is 167 Å². The summed E-state index contributed by atoms with van der Waals surface area (Å²) in [4.78, 5) is 0. The molecule has 146 valence electrons. The highest BCUT2D eigenvalue weighted by atomic mass is 16.3. The van der Waals surface area contributed by atoms with Gasteiger partial charge in [0.05, 0.1) is 0 Å². The highest BCUT2D eigenvalue weighted by Gasteiger charge is 2.36. The van der Waals surface area contributed by atoms with Crippen molar-refractivity contribution in [3.05, 3.63) is 95.1 Å². The zero-order chi connectivity index (χ0) is 20.4. The molecule has 0 aliphatic carbocycles. The van der Waals surface area contributed by atoms with Gasteiger partial charge < -0.3 is 15.5 Å². The van der Waals surface area contributed by atoms with Crippen LogP contribution in [0, 0.1) is 0 Å². The van der Waals surface area contributed by atoms with Crippen LogP contribution in [0.2, 0.25) is 0 Å². The lowest BCUT2D eigenvalue weighted by atomic mass is 9.69. The summed E-state index contributed by atoms with van der Waals surface area (Å²) in [6.45, 7) is 8.48. The first-order valence-electron chi connectivity index (χ1n) is 9.62. The van der Waals surface area contributed by atoms with E-state index in [1.807, 2.05) is 48.5 Å². The molecule has 0 amide bonds. The van der Waals surface area contributed by atoms with Crippen LogP contribution in [-0.2, 0) is 10.8 Å². The molecule has 1 unspecified atom stereocenters. The fourth-order valence-corrected chi connectivity index (χ4v) is 3.79. The van der Waals surface area contributed by atoms with Crippen molar-refractivity contribution in [2.75, 3.05) is 12.0 Å². The van der Waals surface area contributed by atoms with E-state index in [0.29, 0.717) is 0 Å². The molecule has 0 saturated carbocycles. The van der Waals surface area contributed by atoms with Crippen molar-refractivity contribution < 1.29 is 10.2 Å². The number of anilines is 1. The van der Waals surface area contributed by atoms with Crippen molar-refractivity contribution in [1.29, 1.82) is 0 Å². The Balaban J connectivity index is 2.35. The molecule has 0 spiro atoms. The number of rotatable bonds is 5. The molecule has 3 N–H and O–H groups in total. The van der Waals surface area contributed by atoms with E-state index in [1.54, 1.807) is 6.07 Å². The minimum atomic E-state index is -0.606. The highest BCUT2D eigenvalue weighted by Crippen LogP contribution is 2.46. The summed E-state index contributed by atoms with van der Waals surface area (Å²) in [7, 11) is 0. The molecule has 0 saturated heterocycles. The van der Waals surface area contributed by atoms with Gasteiger partial charge in [0.1, 0.15) is 12.5 Å². The molecule has 0 aliphatic rings. The molecule has 3 aromatic carbocycles. The maximum Gasteiger partial charge on any atom is 0.120 e. The summed E-state index contributed by atoms with van der Waals surface area (Å²) in [5.74, 6) is 0.262. The third-order valence-electron chi connectivity index (χ3n) is 5.49. The van der Waals surface area contributed by atoms with Gasteiger partial charge in [0.25, 0.3) is 0 Å². The predicted molar refractivity (Wildman–Crippen MR) is 116 cm³/mol. The van der Waals surface area contributed by atoms with Gasteiger partial charge in [-0.05, 0) is 41.2 Å². The summed E-state index contributed by atoms with van der Waals surface area (Å²) in [6.07, 6.45) is 0. The van der Waals surface area contributed by atoms with Crippen LogP contribution in [0.3, 0.4) is 0 Å². The second-order valence-corrected chi connectivity index (χ2v) is 8.35. The minimum absolute atomic E-state index is 0.0388. The van der Waals surface area contributed by atoms with E-state index in [-0.39, 0.29) is 17.9 Å². The zero-order valence-corrected chi connectivity index (χ0v) is 17.0. The molecule has 0 heterocycles. The Kier molecular flexibility index (Phi) is 5.48. The first-order valence-corrected chi connectivity index (χ1v) is 9.62. The predicted octanol–water partition coefficient (Wildman–Crippen LogP) is 5.41. The van der Waals surface area contributed by atoms with Gasteiger partial charge >= 0.3 is 0 Å². The van der Waals surface area contributed by atoms with Crippen molar-refractivity contribution in [3.8, 4) is 5.75 Å². The van der Waals surface area contributed by atoms with Crippen molar-refractivity contribution in [3.63, 3.8) is 0 Å². The van der Waals surface area contributed by atoms with Gasteiger partial charge in [-0.1, -0.05) is 81.4 Å². The van der Waals surface area contributed by atoms with Crippen molar-refractivity contribution >= 4 is 5.69 Å². The number of aromatic hydroxyl groups is 1.